The maximum atomic E-state index is 13.1. The standard InChI is InChI=1S/C12H13BrFNO3/c1-7(2-3-11(16)17)15-12(18)8-4-9(13)6-10(14)5-8/h4-7H,2-3H2,1H3,(H,15,18)(H,16,17). The zero-order chi connectivity index (χ0) is 13.7. The quantitative estimate of drug-likeness (QED) is 0.877. The topological polar surface area (TPSA) is 66.4 Å². The number of amides is 1. The number of hydrogen-bond acceptors (Lipinski definition) is 2. The predicted octanol–water partition coefficient (Wildman–Crippen LogP) is 2.57. The number of carboxylic acids is 1. The molecule has 0 spiro atoms. The monoisotopic (exact) mass is 317 g/mol. The Morgan fingerprint density at radius 2 is 2.11 bits per heavy atom. The molecule has 0 aliphatic heterocycles. The minimum atomic E-state index is -0.912. The van der Waals surface area contributed by atoms with Gasteiger partial charge in [0.1, 0.15) is 5.82 Å². The second-order valence-corrected chi connectivity index (χ2v) is 4.88. The minimum absolute atomic E-state index is 0.0196. The van der Waals surface area contributed by atoms with Gasteiger partial charge in [0, 0.05) is 22.5 Å². The van der Waals surface area contributed by atoms with Crippen LogP contribution < -0.4 is 5.32 Å². The van der Waals surface area contributed by atoms with Crippen LogP contribution in [0.5, 0.6) is 0 Å². The van der Waals surface area contributed by atoms with E-state index in [1.165, 1.54) is 12.1 Å². The second-order valence-electron chi connectivity index (χ2n) is 3.97. The van der Waals surface area contributed by atoms with Crippen molar-refractivity contribution in [2.75, 3.05) is 0 Å². The molecule has 2 N–H and O–H groups in total. The van der Waals surface area contributed by atoms with Crippen LogP contribution in [0.25, 0.3) is 0 Å². The van der Waals surface area contributed by atoms with Gasteiger partial charge in [-0.1, -0.05) is 15.9 Å². The van der Waals surface area contributed by atoms with Crippen LogP contribution in [0.4, 0.5) is 4.39 Å². The number of hydrogen-bond donors (Lipinski definition) is 2. The molecule has 1 unspecified atom stereocenters. The molecule has 0 radical (unpaired) electrons. The lowest BCUT2D eigenvalue weighted by molar-refractivity contribution is -0.137. The van der Waals surface area contributed by atoms with E-state index in [1.807, 2.05) is 0 Å². The fourth-order valence-corrected chi connectivity index (χ4v) is 1.87. The molecule has 98 valence electrons. The summed E-state index contributed by atoms with van der Waals surface area (Å²) in [6.45, 7) is 1.70. The Morgan fingerprint density at radius 1 is 1.44 bits per heavy atom. The van der Waals surface area contributed by atoms with Crippen LogP contribution in [0, 0.1) is 5.82 Å². The third-order valence-corrected chi connectivity index (χ3v) is 2.75. The largest absolute Gasteiger partial charge is 0.481 e. The Kier molecular flexibility index (Phi) is 5.27. The number of carbonyl (C=O) groups is 2. The van der Waals surface area contributed by atoms with Gasteiger partial charge in [-0.2, -0.15) is 0 Å². The summed E-state index contributed by atoms with van der Waals surface area (Å²) in [5.41, 5.74) is 0.198. The van der Waals surface area contributed by atoms with Gasteiger partial charge in [0.15, 0.2) is 0 Å². The van der Waals surface area contributed by atoms with Crippen LogP contribution in [0.15, 0.2) is 22.7 Å². The van der Waals surface area contributed by atoms with E-state index in [0.717, 1.165) is 6.07 Å². The highest BCUT2D eigenvalue weighted by Crippen LogP contribution is 2.15. The molecule has 0 heterocycles. The summed E-state index contributed by atoms with van der Waals surface area (Å²) < 4.78 is 13.6. The fraction of sp³-hybridized carbons (Fsp3) is 0.333. The molecule has 1 amide bonds. The molecule has 0 fully saturated rings. The number of rotatable bonds is 5. The molecular formula is C12H13BrFNO3. The van der Waals surface area contributed by atoms with Gasteiger partial charge in [-0.25, -0.2) is 4.39 Å². The van der Waals surface area contributed by atoms with Crippen molar-refractivity contribution >= 4 is 27.8 Å². The first-order chi connectivity index (χ1) is 8.38. The Bertz CT molecular complexity index is 444. The zero-order valence-electron chi connectivity index (χ0n) is 9.74. The van der Waals surface area contributed by atoms with Crippen molar-refractivity contribution in [3.05, 3.63) is 34.1 Å². The molecule has 0 aliphatic carbocycles. The van der Waals surface area contributed by atoms with Crippen molar-refractivity contribution in [2.45, 2.75) is 25.8 Å². The van der Waals surface area contributed by atoms with Crippen LogP contribution in [-0.2, 0) is 4.79 Å². The van der Waals surface area contributed by atoms with Gasteiger partial charge >= 0.3 is 5.97 Å². The molecule has 0 aromatic heterocycles. The van der Waals surface area contributed by atoms with Crippen molar-refractivity contribution < 1.29 is 19.1 Å². The normalized spacial score (nSPS) is 11.9. The van der Waals surface area contributed by atoms with Crippen molar-refractivity contribution in [1.29, 1.82) is 0 Å². The lowest BCUT2D eigenvalue weighted by Crippen LogP contribution is -2.33. The summed E-state index contributed by atoms with van der Waals surface area (Å²) in [5, 5.41) is 11.1. The highest BCUT2D eigenvalue weighted by Gasteiger charge is 2.12. The number of carboxylic acid groups (broad SMARTS) is 1. The van der Waals surface area contributed by atoms with Crippen molar-refractivity contribution in [3.8, 4) is 0 Å². The highest BCUT2D eigenvalue weighted by atomic mass is 79.9. The molecule has 1 atom stereocenters. The molecule has 1 aromatic carbocycles. The van der Waals surface area contributed by atoms with Crippen molar-refractivity contribution in [3.63, 3.8) is 0 Å². The number of aliphatic carboxylic acids is 1. The van der Waals surface area contributed by atoms with Crippen LogP contribution >= 0.6 is 15.9 Å². The van der Waals surface area contributed by atoms with Gasteiger partial charge in [0.2, 0.25) is 0 Å². The number of carbonyl (C=O) groups excluding carboxylic acids is 1. The van der Waals surface area contributed by atoms with Crippen LogP contribution in [-0.4, -0.2) is 23.0 Å². The molecule has 6 heteroatoms. The van der Waals surface area contributed by atoms with E-state index in [0.29, 0.717) is 10.9 Å². The van der Waals surface area contributed by atoms with Crippen molar-refractivity contribution in [2.24, 2.45) is 0 Å². The molecule has 0 bridgehead atoms. The minimum Gasteiger partial charge on any atom is -0.481 e. The van der Waals surface area contributed by atoms with Crippen LogP contribution in [0.3, 0.4) is 0 Å². The van der Waals surface area contributed by atoms with E-state index < -0.39 is 17.7 Å². The molecular weight excluding hydrogens is 305 g/mol. The number of halogens is 2. The number of benzene rings is 1. The first kappa shape index (κ1) is 14.6. The Balaban J connectivity index is 2.61. The van der Waals surface area contributed by atoms with E-state index in [-0.39, 0.29) is 18.0 Å². The summed E-state index contributed by atoms with van der Waals surface area (Å²) >= 11 is 3.10. The van der Waals surface area contributed by atoms with Gasteiger partial charge in [0.25, 0.3) is 5.91 Å². The van der Waals surface area contributed by atoms with Crippen LogP contribution in [0.1, 0.15) is 30.1 Å². The summed E-state index contributed by atoms with van der Waals surface area (Å²) in [5.74, 6) is -1.84. The van der Waals surface area contributed by atoms with Gasteiger partial charge in [-0.3, -0.25) is 9.59 Å². The maximum absolute atomic E-state index is 13.1. The summed E-state index contributed by atoms with van der Waals surface area (Å²) in [6, 6.07) is 3.60. The Labute approximate surface area is 112 Å². The SMILES string of the molecule is CC(CCC(=O)O)NC(=O)c1cc(F)cc(Br)c1. The summed E-state index contributed by atoms with van der Waals surface area (Å²) in [4.78, 5) is 22.1. The molecule has 0 aliphatic rings. The van der Waals surface area contributed by atoms with E-state index in [2.05, 4.69) is 21.2 Å². The molecule has 18 heavy (non-hydrogen) atoms. The zero-order valence-corrected chi connectivity index (χ0v) is 11.3. The molecule has 1 aromatic rings. The average Bonchev–Trinajstić information content (AvgIpc) is 2.25. The van der Waals surface area contributed by atoms with Crippen LogP contribution in [0.2, 0.25) is 0 Å². The Hall–Kier alpha value is -1.43. The predicted molar refractivity (Wildman–Crippen MR) is 67.9 cm³/mol. The first-order valence-electron chi connectivity index (χ1n) is 5.37. The van der Waals surface area contributed by atoms with Gasteiger partial charge < -0.3 is 10.4 Å². The lowest BCUT2D eigenvalue weighted by atomic mass is 10.1. The van der Waals surface area contributed by atoms with Gasteiger partial charge in [-0.05, 0) is 31.5 Å². The van der Waals surface area contributed by atoms with E-state index in [4.69, 9.17) is 5.11 Å². The lowest BCUT2D eigenvalue weighted by Gasteiger charge is -2.12. The van der Waals surface area contributed by atoms with E-state index in [9.17, 15) is 14.0 Å². The highest BCUT2D eigenvalue weighted by molar-refractivity contribution is 9.10. The molecule has 0 saturated heterocycles. The third kappa shape index (κ3) is 4.83. The average molecular weight is 318 g/mol. The van der Waals surface area contributed by atoms with Crippen molar-refractivity contribution in [1.82, 2.24) is 5.32 Å². The second kappa shape index (κ2) is 6.49. The number of nitrogens with one attached hydrogen (secondary N) is 1. The Morgan fingerprint density at radius 3 is 2.67 bits per heavy atom. The molecule has 1 rings (SSSR count). The fourth-order valence-electron chi connectivity index (χ4n) is 1.40. The smallest absolute Gasteiger partial charge is 0.303 e. The van der Waals surface area contributed by atoms with E-state index >= 15 is 0 Å². The molecule has 0 saturated carbocycles. The third-order valence-electron chi connectivity index (χ3n) is 2.29. The van der Waals surface area contributed by atoms with Gasteiger partial charge in [-0.15, -0.1) is 0 Å². The summed E-state index contributed by atoms with van der Waals surface area (Å²) in [6.07, 6.45) is 0.311. The summed E-state index contributed by atoms with van der Waals surface area (Å²) in [7, 11) is 0. The maximum Gasteiger partial charge on any atom is 0.303 e. The molecule has 4 nitrogen and oxygen atoms in total. The van der Waals surface area contributed by atoms with E-state index in [1.54, 1.807) is 6.92 Å². The first-order valence-corrected chi connectivity index (χ1v) is 6.16. The van der Waals surface area contributed by atoms with Gasteiger partial charge in [0.05, 0.1) is 0 Å².